The molecule has 0 radical (unpaired) electrons. The Hall–Kier alpha value is -2.54. The van der Waals surface area contributed by atoms with E-state index in [9.17, 15) is 18.0 Å². The zero-order valence-electron chi connectivity index (χ0n) is 18.9. The summed E-state index contributed by atoms with van der Waals surface area (Å²) in [6.45, 7) is 1.95. The van der Waals surface area contributed by atoms with Crippen molar-refractivity contribution < 1.29 is 38.8 Å². The number of halogens is 3. The number of hydrogen-bond acceptors (Lipinski definition) is 4. The van der Waals surface area contributed by atoms with Gasteiger partial charge in [-0.2, -0.15) is 13.2 Å². The maximum absolute atomic E-state index is 12.8. The molecule has 180 valence electrons. The first kappa shape index (κ1) is 32.5. The molecule has 0 bridgehead atoms. The Morgan fingerprint density at radius 1 is 0.971 bits per heavy atom. The summed E-state index contributed by atoms with van der Waals surface area (Å²) < 4.78 is 44.1. The van der Waals surface area contributed by atoms with Gasteiger partial charge in [-0.25, -0.2) is 0 Å². The number of hydrogen-bond donors (Lipinski definition) is 1. The van der Waals surface area contributed by atoms with Gasteiger partial charge in [-0.15, -0.1) is 5.92 Å². The summed E-state index contributed by atoms with van der Waals surface area (Å²) >= 11 is 0. The van der Waals surface area contributed by atoms with Crippen molar-refractivity contribution in [1.29, 1.82) is 0 Å². The van der Waals surface area contributed by atoms with Gasteiger partial charge in [-0.05, 0) is 59.5 Å². The van der Waals surface area contributed by atoms with Crippen molar-refractivity contribution >= 4 is 43.7 Å². The Kier molecular flexibility index (Phi) is 13.7. The summed E-state index contributed by atoms with van der Waals surface area (Å²) in [6, 6.07) is 19.6. The second-order valence-corrected chi connectivity index (χ2v) is 7.18. The van der Waals surface area contributed by atoms with Crippen LogP contribution in [0.25, 0.3) is 11.1 Å². The van der Waals surface area contributed by atoms with Crippen LogP contribution in [-0.2, 0) is 17.6 Å². The Morgan fingerprint density at radius 3 is 2.14 bits per heavy atom. The molecule has 5 nitrogen and oxygen atoms in total. The van der Waals surface area contributed by atoms with Gasteiger partial charge in [0.1, 0.15) is 12.4 Å². The molecule has 0 aliphatic carbocycles. The number of carboxylic acids is 1. The Morgan fingerprint density at radius 2 is 1.60 bits per heavy atom. The molecule has 0 aliphatic heterocycles. The van der Waals surface area contributed by atoms with Crippen molar-refractivity contribution in [2.45, 2.75) is 32.0 Å². The minimum absolute atomic E-state index is 0. The van der Waals surface area contributed by atoms with Crippen molar-refractivity contribution in [1.82, 2.24) is 0 Å². The van der Waals surface area contributed by atoms with Crippen molar-refractivity contribution in [3.63, 3.8) is 0 Å². The third-order valence-electron chi connectivity index (χ3n) is 4.86. The molecular weight excluding hydrogens is 489 g/mol. The first-order valence-electron chi connectivity index (χ1n) is 9.89. The monoisotopic (exact) mass is 512 g/mol. The summed E-state index contributed by atoms with van der Waals surface area (Å²) in [4.78, 5) is 11.0. The quantitative estimate of drug-likeness (QED) is 0.318. The average molecular weight is 513 g/mol. The van der Waals surface area contributed by atoms with E-state index in [1.165, 1.54) is 12.1 Å². The fourth-order valence-corrected chi connectivity index (χ4v) is 3.26. The van der Waals surface area contributed by atoms with Crippen LogP contribution in [0.5, 0.6) is 5.75 Å². The maximum Gasteiger partial charge on any atom is 2.00 e. The molecule has 0 fully saturated rings. The number of alkyl halides is 3. The standard InChI is InChI=1S/C26H21F3O3.Ca.2H2O/c1-2-4-21(16-25(30)31)20-9-13-24(14-10-20)32-17-18-5-3-6-22(15-18)19-7-11-23(12-8-19)26(27,28)29;;;/h3,5-15,21H,16-17H2,1H3,(H,30,31);;2*1H2/q;+2;;/p-2/t21-;;;/m0.../s1. The third kappa shape index (κ3) is 9.55. The molecule has 35 heavy (non-hydrogen) atoms. The molecular formula is C26H23CaF3O5. The number of aliphatic carboxylic acids is 1. The summed E-state index contributed by atoms with van der Waals surface area (Å²) in [6.07, 6.45) is -4.43. The van der Waals surface area contributed by atoms with Gasteiger partial charge in [-0.3, -0.25) is 4.79 Å². The SMILES string of the molecule is CC#C[C@@H](CC(=O)O)c1ccc(OCc2cccc(-c3ccc(C(F)(F)F)cc3)c2)cc1.[Ca+2].[OH-].[OH-]. The van der Waals surface area contributed by atoms with Crippen LogP contribution in [0, 0.1) is 11.8 Å². The minimum atomic E-state index is -4.36. The summed E-state index contributed by atoms with van der Waals surface area (Å²) in [5, 5.41) is 9.05. The first-order valence-corrected chi connectivity index (χ1v) is 9.89. The van der Waals surface area contributed by atoms with Crippen LogP contribution < -0.4 is 4.74 Å². The van der Waals surface area contributed by atoms with Gasteiger partial charge >= 0.3 is 49.9 Å². The smallest absolute Gasteiger partial charge is 0.870 e. The molecule has 3 rings (SSSR count). The van der Waals surface area contributed by atoms with Gasteiger partial charge in [0.15, 0.2) is 0 Å². The van der Waals surface area contributed by atoms with Crippen LogP contribution in [0.15, 0.2) is 72.8 Å². The van der Waals surface area contributed by atoms with Crippen LogP contribution in [0.2, 0.25) is 0 Å². The molecule has 0 unspecified atom stereocenters. The van der Waals surface area contributed by atoms with Crippen LogP contribution in [-0.4, -0.2) is 59.8 Å². The van der Waals surface area contributed by atoms with Gasteiger partial charge in [-0.1, -0.05) is 48.4 Å². The van der Waals surface area contributed by atoms with E-state index in [0.29, 0.717) is 11.3 Å². The molecule has 9 heteroatoms. The molecule has 1 atom stereocenters. The van der Waals surface area contributed by atoms with E-state index in [1.54, 1.807) is 31.2 Å². The van der Waals surface area contributed by atoms with E-state index >= 15 is 0 Å². The van der Waals surface area contributed by atoms with E-state index in [4.69, 9.17) is 9.84 Å². The molecule has 0 saturated heterocycles. The normalized spacial score (nSPS) is 10.9. The largest absolute Gasteiger partial charge is 2.00 e. The molecule has 0 heterocycles. The van der Waals surface area contributed by atoms with Crippen molar-refractivity contribution in [3.05, 3.63) is 89.5 Å². The number of benzene rings is 3. The average Bonchev–Trinajstić information content (AvgIpc) is 2.77. The Labute approximate surface area is 231 Å². The van der Waals surface area contributed by atoms with E-state index in [0.717, 1.165) is 28.8 Å². The molecule has 3 aromatic rings. The van der Waals surface area contributed by atoms with Crippen LogP contribution in [0.4, 0.5) is 13.2 Å². The van der Waals surface area contributed by atoms with Gasteiger partial charge in [0.05, 0.1) is 17.9 Å². The van der Waals surface area contributed by atoms with E-state index in [1.807, 2.05) is 24.3 Å². The topological polar surface area (TPSA) is 107 Å². The fourth-order valence-electron chi connectivity index (χ4n) is 3.26. The predicted octanol–water partition coefficient (Wildman–Crippen LogP) is 5.80. The second kappa shape index (κ2) is 14.8. The number of ether oxygens (including phenoxy) is 1. The zero-order chi connectivity index (χ0) is 23.1. The first-order chi connectivity index (χ1) is 15.3. The Balaban J connectivity index is 0.00000385. The summed E-state index contributed by atoms with van der Waals surface area (Å²) in [7, 11) is 0. The van der Waals surface area contributed by atoms with Gasteiger partial charge in [0.25, 0.3) is 0 Å². The predicted molar refractivity (Wildman–Crippen MR) is 126 cm³/mol. The molecule has 0 amide bonds. The van der Waals surface area contributed by atoms with Crippen LogP contribution >= 0.6 is 0 Å². The van der Waals surface area contributed by atoms with Gasteiger partial charge in [0, 0.05) is 0 Å². The summed E-state index contributed by atoms with van der Waals surface area (Å²) in [5.74, 6) is 4.99. The third-order valence-corrected chi connectivity index (χ3v) is 4.86. The van der Waals surface area contributed by atoms with E-state index in [2.05, 4.69) is 11.8 Å². The molecule has 3 aromatic carbocycles. The second-order valence-electron chi connectivity index (χ2n) is 7.18. The van der Waals surface area contributed by atoms with Crippen molar-refractivity contribution in [2.24, 2.45) is 0 Å². The molecule has 0 aromatic heterocycles. The summed E-state index contributed by atoms with van der Waals surface area (Å²) in [5.41, 5.74) is 2.47. The molecule has 0 aliphatic rings. The molecule has 3 N–H and O–H groups in total. The van der Waals surface area contributed by atoms with Gasteiger partial charge < -0.3 is 20.8 Å². The maximum atomic E-state index is 12.8. The fraction of sp³-hybridized carbons (Fsp3) is 0.192. The van der Waals surface area contributed by atoms with E-state index in [-0.39, 0.29) is 67.6 Å². The number of carboxylic acid groups (broad SMARTS) is 1. The minimum Gasteiger partial charge on any atom is -0.870 e. The van der Waals surface area contributed by atoms with Crippen molar-refractivity contribution in [2.75, 3.05) is 0 Å². The van der Waals surface area contributed by atoms with Gasteiger partial charge in [0.2, 0.25) is 0 Å². The Bertz CT molecular complexity index is 1130. The molecule has 0 spiro atoms. The molecule has 0 saturated carbocycles. The van der Waals surface area contributed by atoms with E-state index < -0.39 is 17.7 Å². The number of carbonyl (C=O) groups is 1. The zero-order valence-corrected chi connectivity index (χ0v) is 21.1. The van der Waals surface area contributed by atoms with Crippen LogP contribution in [0.1, 0.15) is 36.0 Å². The van der Waals surface area contributed by atoms with Crippen molar-refractivity contribution in [3.8, 4) is 28.7 Å². The number of rotatable bonds is 7. The van der Waals surface area contributed by atoms with Crippen LogP contribution in [0.3, 0.4) is 0 Å².